The maximum absolute atomic E-state index is 13.0. The van der Waals surface area contributed by atoms with Gasteiger partial charge in [0.2, 0.25) is 0 Å². The smallest absolute Gasteiger partial charge is 0.337 e. The summed E-state index contributed by atoms with van der Waals surface area (Å²) in [5, 5.41) is 22.9. The van der Waals surface area contributed by atoms with Crippen molar-refractivity contribution in [3.63, 3.8) is 0 Å². The van der Waals surface area contributed by atoms with Gasteiger partial charge in [0.1, 0.15) is 11.6 Å². The second kappa shape index (κ2) is 8.62. The first kappa shape index (κ1) is 22.4. The number of aryl methyl sites for hydroxylation is 1. The van der Waals surface area contributed by atoms with Crippen LogP contribution in [-0.4, -0.2) is 24.2 Å². The van der Waals surface area contributed by atoms with Crippen LogP contribution in [0.1, 0.15) is 54.2 Å². The van der Waals surface area contributed by atoms with E-state index in [4.69, 9.17) is 4.42 Å². The Morgan fingerprint density at radius 2 is 1.91 bits per heavy atom. The fourth-order valence-electron chi connectivity index (χ4n) is 4.26. The van der Waals surface area contributed by atoms with Gasteiger partial charge in [-0.2, -0.15) is 5.26 Å². The van der Waals surface area contributed by atoms with E-state index in [0.717, 1.165) is 31.5 Å². The maximum Gasteiger partial charge on any atom is 0.337 e. The van der Waals surface area contributed by atoms with E-state index in [9.17, 15) is 20.0 Å². The molecular formula is C26H27N3O4. The van der Waals surface area contributed by atoms with Crippen molar-refractivity contribution in [2.24, 2.45) is 5.41 Å². The number of aromatic carboxylic acids is 1. The molecule has 2 aromatic carbocycles. The Hall–Kier alpha value is -3.79. The van der Waals surface area contributed by atoms with Crippen LogP contribution in [0.5, 0.6) is 0 Å². The molecule has 33 heavy (non-hydrogen) atoms. The molecular weight excluding hydrogens is 418 g/mol. The summed E-state index contributed by atoms with van der Waals surface area (Å²) < 4.78 is 6.25. The molecule has 0 aliphatic carbocycles. The van der Waals surface area contributed by atoms with Crippen molar-refractivity contribution in [3.8, 4) is 6.07 Å². The minimum Gasteiger partial charge on any atom is -0.478 e. The van der Waals surface area contributed by atoms with Crippen LogP contribution in [0.25, 0.3) is 11.0 Å². The second-order valence-corrected chi connectivity index (χ2v) is 9.39. The first-order valence-corrected chi connectivity index (χ1v) is 11.0. The van der Waals surface area contributed by atoms with E-state index < -0.39 is 12.0 Å². The quantitative estimate of drug-likeness (QED) is 0.562. The van der Waals surface area contributed by atoms with Gasteiger partial charge >= 0.3 is 5.97 Å². The highest BCUT2D eigenvalue weighted by Gasteiger charge is 2.27. The second-order valence-electron chi connectivity index (χ2n) is 9.39. The number of rotatable bonds is 5. The van der Waals surface area contributed by atoms with Crippen LogP contribution in [0.4, 0.5) is 11.6 Å². The molecule has 2 heterocycles. The van der Waals surface area contributed by atoms with Gasteiger partial charge in [0.25, 0.3) is 0 Å². The van der Waals surface area contributed by atoms with Crippen molar-refractivity contribution < 1.29 is 14.3 Å². The summed E-state index contributed by atoms with van der Waals surface area (Å²) in [4.78, 5) is 26.7. The van der Waals surface area contributed by atoms with Crippen LogP contribution in [-0.2, 0) is 0 Å². The molecule has 0 spiro atoms. The number of anilines is 2. The molecule has 4 rings (SSSR count). The molecule has 0 bridgehead atoms. The van der Waals surface area contributed by atoms with Gasteiger partial charge in [-0.05, 0) is 55.0 Å². The molecule has 1 aliphatic rings. The average molecular weight is 446 g/mol. The number of nitriles is 1. The van der Waals surface area contributed by atoms with Gasteiger partial charge in [0, 0.05) is 30.4 Å². The Balaban J connectivity index is 1.79. The Bertz CT molecular complexity index is 1310. The Morgan fingerprint density at radius 1 is 1.21 bits per heavy atom. The summed E-state index contributed by atoms with van der Waals surface area (Å²) in [5.74, 6) is -0.596. The molecule has 1 aliphatic heterocycles. The first-order valence-electron chi connectivity index (χ1n) is 11.0. The highest BCUT2D eigenvalue weighted by atomic mass is 16.4. The van der Waals surface area contributed by atoms with Crippen LogP contribution in [0.15, 0.2) is 51.7 Å². The minimum atomic E-state index is -1.09. The molecule has 3 aromatic rings. The van der Waals surface area contributed by atoms with E-state index in [1.54, 1.807) is 30.3 Å². The topological polar surface area (TPSA) is 107 Å². The zero-order valence-corrected chi connectivity index (χ0v) is 19.0. The lowest BCUT2D eigenvalue weighted by Crippen LogP contribution is -2.37. The lowest BCUT2D eigenvalue weighted by molar-refractivity contribution is 0.0698. The molecule has 1 saturated heterocycles. The Morgan fingerprint density at radius 3 is 2.58 bits per heavy atom. The molecule has 7 heteroatoms. The minimum absolute atomic E-state index is 0.0628. The number of carboxylic acid groups (broad SMARTS) is 1. The van der Waals surface area contributed by atoms with E-state index >= 15 is 0 Å². The zero-order valence-electron chi connectivity index (χ0n) is 19.0. The van der Waals surface area contributed by atoms with Crippen molar-refractivity contribution in [2.45, 2.75) is 39.7 Å². The number of fused-ring (bicyclic) bond motifs is 1. The molecule has 1 unspecified atom stereocenters. The van der Waals surface area contributed by atoms with Crippen LogP contribution in [0.2, 0.25) is 0 Å². The molecule has 2 N–H and O–H groups in total. The number of benzene rings is 2. The lowest BCUT2D eigenvalue weighted by atomic mass is 9.83. The molecule has 1 fully saturated rings. The van der Waals surface area contributed by atoms with E-state index in [-0.39, 0.29) is 16.4 Å². The van der Waals surface area contributed by atoms with E-state index in [0.29, 0.717) is 28.1 Å². The number of nitrogens with zero attached hydrogens (tertiary/aromatic N) is 2. The van der Waals surface area contributed by atoms with Gasteiger partial charge in [-0.1, -0.05) is 26.0 Å². The SMILES string of the molecule is Cc1cc(C(C#N)Nc2ccccc2C(=O)O)c2oc(N3CCC(C)(C)CC3)cc(=O)c2c1. The van der Waals surface area contributed by atoms with Crippen molar-refractivity contribution in [1.82, 2.24) is 0 Å². The summed E-state index contributed by atoms with van der Waals surface area (Å²) in [7, 11) is 0. The van der Waals surface area contributed by atoms with Gasteiger partial charge < -0.3 is 19.7 Å². The Labute approximate surface area is 192 Å². The molecule has 0 amide bonds. The van der Waals surface area contributed by atoms with Crippen LogP contribution in [0.3, 0.4) is 0 Å². The number of hydrogen-bond acceptors (Lipinski definition) is 6. The fourth-order valence-corrected chi connectivity index (χ4v) is 4.26. The average Bonchev–Trinajstić information content (AvgIpc) is 2.77. The van der Waals surface area contributed by atoms with Crippen LogP contribution < -0.4 is 15.6 Å². The van der Waals surface area contributed by atoms with Crippen molar-refractivity contribution in [2.75, 3.05) is 23.3 Å². The van der Waals surface area contributed by atoms with Crippen molar-refractivity contribution in [1.29, 1.82) is 5.26 Å². The fraction of sp³-hybridized carbons (Fsp3) is 0.346. The molecule has 1 aromatic heterocycles. The number of piperidine rings is 1. The summed E-state index contributed by atoms with van der Waals surface area (Å²) in [6, 6.07) is 12.8. The molecule has 170 valence electrons. The third-order valence-electron chi connectivity index (χ3n) is 6.31. The monoisotopic (exact) mass is 445 g/mol. The number of hydrogen-bond donors (Lipinski definition) is 2. The van der Waals surface area contributed by atoms with E-state index in [2.05, 4.69) is 30.1 Å². The van der Waals surface area contributed by atoms with Crippen LogP contribution >= 0.6 is 0 Å². The summed E-state index contributed by atoms with van der Waals surface area (Å²) in [6.07, 6.45) is 1.98. The highest BCUT2D eigenvalue weighted by Crippen LogP contribution is 2.34. The largest absolute Gasteiger partial charge is 0.478 e. The lowest BCUT2D eigenvalue weighted by Gasteiger charge is -2.37. The van der Waals surface area contributed by atoms with Crippen molar-refractivity contribution in [3.05, 3.63) is 69.4 Å². The molecule has 1 atom stereocenters. The Kier molecular flexibility index (Phi) is 5.86. The van der Waals surface area contributed by atoms with Gasteiger partial charge in [-0.15, -0.1) is 0 Å². The van der Waals surface area contributed by atoms with Crippen molar-refractivity contribution >= 4 is 28.5 Å². The predicted molar refractivity (Wildman–Crippen MR) is 128 cm³/mol. The van der Waals surface area contributed by atoms with Gasteiger partial charge in [0.15, 0.2) is 11.3 Å². The molecule has 0 saturated carbocycles. The summed E-state index contributed by atoms with van der Waals surface area (Å²) >= 11 is 0. The van der Waals surface area contributed by atoms with E-state index in [1.165, 1.54) is 12.1 Å². The molecule has 0 radical (unpaired) electrons. The molecule has 7 nitrogen and oxygen atoms in total. The van der Waals surface area contributed by atoms with Gasteiger partial charge in [-0.25, -0.2) is 4.79 Å². The van der Waals surface area contributed by atoms with Gasteiger partial charge in [-0.3, -0.25) is 4.79 Å². The van der Waals surface area contributed by atoms with Gasteiger partial charge in [0.05, 0.1) is 17.0 Å². The number of nitrogens with one attached hydrogen (secondary N) is 1. The summed E-state index contributed by atoms with van der Waals surface area (Å²) in [6.45, 7) is 7.89. The standard InChI is InChI=1S/C26H27N3O4/c1-16-12-18(21(15-27)28-20-7-5-4-6-17(20)25(31)32)24-19(13-16)22(30)14-23(33-24)29-10-8-26(2,3)9-11-29/h4-7,12-14,21,28H,8-11H2,1-3H3,(H,31,32). The normalized spacial score (nSPS) is 16.2. The predicted octanol–water partition coefficient (Wildman–Crippen LogP) is 5.10. The maximum atomic E-state index is 13.0. The number of carboxylic acids is 1. The summed E-state index contributed by atoms with van der Waals surface area (Å²) in [5.41, 5.74) is 2.14. The zero-order chi connectivity index (χ0) is 23.8. The third-order valence-corrected chi connectivity index (χ3v) is 6.31. The number of carbonyl (C=O) groups is 1. The van der Waals surface area contributed by atoms with Crippen LogP contribution in [0, 0.1) is 23.7 Å². The first-order chi connectivity index (χ1) is 15.7. The van der Waals surface area contributed by atoms with E-state index in [1.807, 2.05) is 6.92 Å². The third kappa shape index (κ3) is 4.56. The highest BCUT2D eigenvalue weighted by molar-refractivity contribution is 5.94. The number of para-hydroxylation sites is 1.